The van der Waals surface area contributed by atoms with Crippen molar-refractivity contribution in [1.82, 2.24) is 0 Å². The first-order valence-electron chi connectivity index (χ1n) is 9.33. The Labute approximate surface area is 142 Å². The first kappa shape index (κ1) is 19.3. The maximum Gasteiger partial charge on any atom is 0.371 e. The molecule has 2 saturated heterocycles. The van der Waals surface area contributed by atoms with Gasteiger partial charge in [-0.15, -0.1) is 0 Å². The van der Waals surface area contributed by atoms with Crippen molar-refractivity contribution in [2.75, 3.05) is 39.6 Å². The van der Waals surface area contributed by atoms with Gasteiger partial charge in [-0.3, -0.25) is 0 Å². The van der Waals surface area contributed by atoms with Gasteiger partial charge in [-0.2, -0.15) is 0 Å². The zero-order valence-electron chi connectivity index (χ0n) is 15.1. The van der Waals surface area contributed by atoms with E-state index in [1.54, 1.807) is 0 Å². The smallest absolute Gasteiger partial charge is 0.371 e. The first-order valence-corrected chi connectivity index (χ1v) is 11.4. The number of hydrogen-bond donors (Lipinski definition) is 0. The van der Waals surface area contributed by atoms with Crippen molar-refractivity contribution >= 4 is 8.56 Å². The van der Waals surface area contributed by atoms with Gasteiger partial charge in [-0.05, 0) is 46.1 Å². The molecule has 23 heavy (non-hydrogen) atoms. The van der Waals surface area contributed by atoms with Crippen molar-refractivity contribution in [3.8, 4) is 0 Å². The molecule has 6 heteroatoms. The van der Waals surface area contributed by atoms with Crippen LogP contribution in [0.1, 0.15) is 52.9 Å². The Morgan fingerprint density at radius 1 is 1.09 bits per heavy atom. The van der Waals surface area contributed by atoms with Crippen molar-refractivity contribution < 1.29 is 23.1 Å². The van der Waals surface area contributed by atoms with E-state index in [-0.39, 0.29) is 5.22 Å². The summed E-state index contributed by atoms with van der Waals surface area (Å²) in [7, 11) is -2.36. The molecule has 0 amide bonds. The standard InChI is InChI=1S/C17H34O5Si/c1-4-20-17(11-9-12-18-14-16-15-19-16)10-7-8-13-23(17,21-5-2)22-6-3/h16H,4-15H2,1-3H3. The van der Waals surface area contributed by atoms with Crippen LogP contribution in [0.3, 0.4) is 0 Å². The van der Waals surface area contributed by atoms with Crippen LogP contribution in [0, 0.1) is 0 Å². The fraction of sp³-hybridized carbons (Fsp3) is 1.00. The van der Waals surface area contributed by atoms with Crippen LogP contribution in [0.15, 0.2) is 0 Å². The molecule has 0 aliphatic carbocycles. The highest BCUT2D eigenvalue weighted by atomic mass is 28.4. The molecule has 2 atom stereocenters. The maximum atomic E-state index is 6.36. The van der Waals surface area contributed by atoms with Crippen LogP contribution >= 0.6 is 0 Å². The van der Waals surface area contributed by atoms with Gasteiger partial charge in [0.1, 0.15) is 11.3 Å². The lowest BCUT2D eigenvalue weighted by molar-refractivity contribution is -0.0500. The lowest BCUT2D eigenvalue weighted by Gasteiger charge is -2.49. The van der Waals surface area contributed by atoms with E-state index < -0.39 is 8.56 Å². The molecule has 2 fully saturated rings. The highest BCUT2D eigenvalue weighted by Crippen LogP contribution is 2.43. The van der Waals surface area contributed by atoms with Crippen LogP contribution in [-0.4, -0.2) is 59.5 Å². The predicted octanol–water partition coefficient (Wildman–Crippen LogP) is 3.20. The number of ether oxygens (including phenoxy) is 3. The van der Waals surface area contributed by atoms with Crippen LogP contribution in [-0.2, 0) is 23.1 Å². The van der Waals surface area contributed by atoms with E-state index in [4.69, 9.17) is 23.1 Å². The lowest BCUT2D eigenvalue weighted by atomic mass is 10.1. The Bertz CT molecular complexity index is 321. The molecular weight excluding hydrogens is 312 g/mol. The van der Waals surface area contributed by atoms with Gasteiger partial charge in [0.2, 0.25) is 0 Å². The summed E-state index contributed by atoms with van der Waals surface area (Å²) in [4.78, 5) is 0. The van der Waals surface area contributed by atoms with Crippen molar-refractivity contribution in [2.24, 2.45) is 0 Å². The molecular formula is C17H34O5Si. The summed E-state index contributed by atoms with van der Waals surface area (Å²) in [6.45, 7) is 10.7. The molecule has 0 aromatic rings. The monoisotopic (exact) mass is 346 g/mol. The maximum absolute atomic E-state index is 6.36. The summed E-state index contributed by atoms with van der Waals surface area (Å²) in [6.07, 6.45) is 5.74. The number of rotatable bonds is 12. The summed E-state index contributed by atoms with van der Waals surface area (Å²) in [5, 5.41) is -0.217. The van der Waals surface area contributed by atoms with Gasteiger partial charge in [-0.1, -0.05) is 12.8 Å². The molecule has 2 aliphatic rings. The normalized spacial score (nSPS) is 29.6. The Morgan fingerprint density at radius 2 is 1.83 bits per heavy atom. The third kappa shape index (κ3) is 5.00. The average Bonchev–Trinajstić information content (AvgIpc) is 3.35. The first-order chi connectivity index (χ1) is 11.2. The molecule has 0 aromatic carbocycles. The summed E-state index contributed by atoms with van der Waals surface area (Å²) in [6, 6.07) is 1.05. The summed E-state index contributed by atoms with van der Waals surface area (Å²) >= 11 is 0. The minimum absolute atomic E-state index is 0.217. The number of hydrogen-bond acceptors (Lipinski definition) is 5. The molecule has 0 radical (unpaired) electrons. The van der Waals surface area contributed by atoms with Crippen LogP contribution < -0.4 is 0 Å². The van der Waals surface area contributed by atoms with Gasteiger partial charge in [0, 0.05) is 26.4 Å². The van der Waals surface area contributed by atoms with Crippen LogP contribution in [0.25, 0.3) is 0 Å². The molecule has 2 heterocycles. The van der Waals surface area contributed by atoms with E-state index >= 15 is 0 Å². The molecule has 0 bridgehead atoms. The topological polar surface area (TPSA) is 49.5 Å². The van der Waals surface area contributed by atoms with Gasteiger partial charge < -0.3 is 23.1 Å². The second-order valence-electron chi connectivity index (χ2n) is 6.39. The molecule has 2 rings (SSSR count). The van der Waals surface area contributed by atoms with Crippen molar-refractivity contribution in [1.29, 1.82) is 0 Å². The van der Waals surface area contributed by atoms with Gasteiger partial charge in [0.15, 0.2) is 0 Å². The van der Waals surface area contributed by atoms with E-state index in [0.717, 1.165) is 45.1 Å². The fourth-order valence-corrected chi connectivity index (χ4v) is 8.27. The van der Waals surface area contributed by atoms with E-state index in [0.29, 0.717) is 25.9 Å². The SMILES string of the molecule is CCOC1(CCCOCC2CO2)CCCC[Si]1(OCC)OCC. The van der Waals surface area contributed by atoms with E-state index in [1.165, 1.54) is 12.8 Å². The molecule has 0 aromatic heterocycles. The van der Waals surface area contributed by atoms with E-state index in [1.807, 2.05) is 0 Å². The Morgan fingerprint density at radius 3 is 2.43 bits per heavy atom. The highest BCUT2D eigenvalue weighted by molar-refractivity contribution is 6.70. The third-order valence-corrected chi connectivity index (χ3v) is 9.34. The lowest BCUT2D eigenvalue weighted by Crippen LogP contribution is -2.66. The number of epoxide rings is 1. The van der Waals surface area contributed by atoms with Crippen molar-refractivity contribution in [3.05, 3.63) is 0 Å². The van der Waals surface area contributed by atoms with Crippen molar-refractivity contribution in [3.63, 3.8) is 0 Å². The molecule has 0 N–H and O–H groups in total. The van der Waals surface area contributed by atoms with Gasteiger partial charge in [0.25, 0.3) is 0 Å². The summed E-state index contributed by atoms with van der Waals surface area (Å²) in [5.74, 6) is 0. The largest absolute Gasteiger partial charge is 0.393 e. The predicted molar refractivity (Wildman–Crippen MR) is 91.8 cm³/mol. The molecule has 0 saturated carbocycles. The Kier molecular flexibility index (Phi) is 7.98. The average molecular weight is 347 g/mol. The molecule has 2 unspecified atom stereocenters. The van der Waals surface area contributed by atoms with E-state index in [2.05, 4.69) is 20.8 Å². The zero-order valence-corrected chi connectivity index (χ0v) is 16.1. The minimum Gasteiger partial charge on any atom is -0.393 e. The molecule has 5 nitrogen and oxygen atoms in total. The second kappa shape index (κ2) is 9.49. The summed E-state index contributed by atoms with van der Waals surface area (Å²) in [5.41, 5.74) is 0. The second-order valence-corrected chi connectivity index (χ2v) is 9.88. The zero-order chi connectivity index (χ0) is 16.6. The molecule has 2 aliphatic heterocycles. The Hall–Kier alpha value is 0.0169. The third-order valence-electron chi connectivity index (χ3n) is 4.78. The molecule has 0 spiro atoms. The fourth-order valence-electron chi connectivity index (χ4n) is 3.79. The Balaban J connectivity index is 1.98. The van der Waals surface area contributed by atoms with Gasteiger partial charge >= 0.3 is 8.56 Å². The minimum atomic E-state index is -2.36. The quantitative estimate of drug-likeness (QED) is 0.308. The molecule has 136 valence electrons. The van der Waals surface area contributed by atoms with Crippen LogP contribution in [0.5, 0.6) is 0 Å². The van der Waals surface area contributed by atoms with Crippen molar-refractivity contribution in [2.45, 2.75) is 70.2 Å². The van der Waals surface area contributed by atoms with Gasteiger partial charge in [-0.25, -0.2) is 0 Å². The highest BCUT2D eigenvalue weighted by Gasteiger charge is 2.59. The van der Waals surface area contributed by atoms with Gasteiger partial charge in [0.05, 0.1) is 13.2 Å². The van der Waals surface area contributed by atoms with E-state index in [9.17, 15) is 0 Å². The van der Waals surface area contributed by atoms with Crippen LogP contribution in [0.4, 0.5) is 0 Å². The van der Waals surface area contributed by atoms with Crippen LogP contribution in [0.2, 0.25) is 6.04 Å². The summed E-state index contributed by atoms with van der Waals surface area (Å²) < 4.78 is 29.9.